The van der Waals surface area contributed by atoms with E-state index >= 15 is 0 Å². The summed E-state index contributed by atoms with van der Waals surface area (Å²) in [5, 5.41) is 9.01. The summed E-state index contributed by atoms with van der Waals surface area (Å²) in [6.45, 7) is 2.50. The van der Waals surface area contributed by atoms with Crippen molar-refractivity contribution in [2.45, 2.75) is 25.4 Å². The first kappa shape index (κ1) is 16.0. The lowest BCUT2D eigenvalue weighted by Gasteiger charge is -2.37. The maximum absolute atomic E-state index is 12.5. The Kier molecular flexibility index (Phi) is 4.94. The summed E-state index contributed by atoms with van der Waals surface area (Å²) in [5.74, 6) is 1.33. The van der Waals surface area contributed by atoms with E-state index in [1.165, 1.54) is 0 Å². The van der Waals surface area contributed by atoms with Gasteiger partial charge in [0.2, 0.25) is 5.91 Å². The molecule has 1 aromatic carbocycles. The SMILES string of the molecule is N#Cc1cccc(C2CN(C(=O)CC3CC(CN)C3)CCO2)c1. The highest BCUT2D eigenvalue weighted by Gasteiger charge is 2.32. The molecule has 0 radical (unpaired) electrons. The van der Waals surface area contributed by atoms with Gasteiger partial charge in [-0.3, -0.25) is 4.79 Å². The van der Waals surface area contributed by atoms with Gasteiger partial charge in [0, 0.05) is 13.0 Å². The Labute approximate surface area is 137 Å². The molecule has 1 unspecified atom stereocenters. The number of hydrogen-bond acceptors (Lipinski definition) is 4. The standard InChI is InChI=1S/C18H23N3O2/c19-10-13-2-1-3-16(8-13)17-12-21(4-5-23-17)18(22)9-14-6-15(7-14)11-20/h1-3,8,14-15,17H,4-7,9,11-12,20H2. The molecule has 1 aromatic rings. The second-order valence-electron chi connectivity index (χ2n) is 6.58. The van der Waals surface area contributed by atoms with Gasteiger partial charge in [0.25, 0.3) is 0 Å². The van der Waals surface area contributed by atoms with E-state index in [9.17, 15) is 4.79 Å². The molecular weight excluding hydrogens is 290 g/mol. The van der Waals surface area contributed by atoms with Crippen LogP contribution in [0.4, 0.5) is 0 Å². The summed E-state index contributed by atoms with van der Waals surface area (Å²) in [5.41, 5.74) is 7.23. The highest BCUT2D eigenvalue weighted by molar-refractivity contribution is 5.76. The number of carbonyl (C=O) groups excluding carboxylic acids is 1. The van der Waals surface area contributed by atoms with Gasteiger partial charge in [-0.05, 0) is 48.9 Å². The van der Waals surface area contributed by atoms with Crippen LogP contribution < -0.4 is 5.73 Å². The normalized spacial score (nSPS) is 27.1. The number of nitriles is 1. The fourth-order valence-electron chi connectivity index (χ4n) is 3.49. The Morgan fingerprint density at radius 2 is 2.22 bits per heavy atom. The van der Waals surface area contributed by atoms with Crippen molar-refractivity contribution in [3.05, 3.63) is 35.4 Å². The van der Waals surface area contributed by atoms with E-state index in [0.717, 1.165) is 24.9 Å². The van der Waals surface area contributed by atoms with Crippen molar-refractivity contribution >= 4 is 5.91 Å². The summed E-state index contributed by atoms with van der Waals surface area (Å²) >= 11 is 0. The largest absolute Gasteiger partial charge is 0.370 e. The third kappa shape index (κ3) is 3.72. The van der Waals surface area contributed by atoms with Gasteiger partial charge in [-0.1, -0.05) is 12.1 Å². The fraction of sp³-hybridized carbons (Fsp3) is 0.556. The maximum Gasteiger partial charge on any atom is 0.223 e. The van der Waals surface area contributed by atoms with Gasteiger partial charge in [-0.25, -0.2) is 0 Å². The first-order chi connectivity index (χ1) is 11.2. The molecule has 0 aromatic heterocycles. The van der Waals surface area contributed by atoms with Crippen molar-refractivity contribution in [2.24, 2.45) is 17.6 Å². The minimum atomic E-state index is -0.140. The zero-order valence-electron chi connectivity index (χ0n) is 13.3. The third-order valence-corrected chi connectivity index (χ3v) is 4.94. The number of ether oxygens (including phenoxy) is 1. The summed E-state index contributed by atoms with van der Waals surface area (Å²) in [7, 11) is 0. The van der Waals surface area contributed by atoms with Crippen LogP contribution in [0.2, 0.25) is 0 Å². The monoisotopic (exact) mass is 313 g/mol. The van der Waals surface area contributed by atoms with Gasteiger partial charge >= 0.3 is 0 Å². The van der Waals surface area contributed by atoms with Gasteiger partial charge < -0.3 is 15.4 Å². The first-order valence-electron chi connectivity index (χ1n) is 8.29. The van der Waals surface area contributed by atoms with Crippen LogP contribution in [0.15, 0.2) is 24.3 Å². The molecule has 5 nitrogen and oxygen atoms in total. The van der Waals surface area contributed by atoms with Crippen LogP contribution in [0.5, 0.6) is 0 Å². The van der Waals surface area contributed by atoms with Crippen molar-refractivity contribution in [2.75, 3.05) is 26.2 Å². The molecule has 1 heterocycles. The number of hydrogen-bond donors (Lipinski definition) is 1. The van der Waals surface area contributed by atoms with Gasteiger partial charge in [-0.2, -0.15) is 5.26 Å². The van der Waals surface area contributed by atoms with E-state index < -0.39 is 0 Å². The zero-order chi connectivity index (χ0) is 16.2. The molecule has 1 saturated heterocycles. The second kappa shape index (κ2) is 7.12. The molecule has 2 fully saturated rings. The number of morpholine rings is 1. The molecule has 122 valence electrons. The number of nitrogens with zero attached hydrogens (tertiary/aromatic N) is 2. The van der Waals surface area contributed by atoms with Crippen LogP contribution in [0.3, 0.4) is 0 Å². The molecule has 2 aliphatic rings. The molecule has 3 rings (SSSR count). The van der Waals surface area contributed by atoms with Crippen LogP contribution >= 0.6 is 0 Å². The second-order valence-corrected chi connectivity index (χ2v) is 6.58. The van der Waals surface area contributed by atoms with E-state index in [2.05, 4.69) is 6.07 Å². The highest BCUT2D eigenvalue weighted by atomic mass is 16.5. The van der Waals surface area contributed by atoms with E-state index in [1.807, 2.05) is 23.1 Å². The smallest absolute Gasteiger partial charge is 0.223 e. The Hall–Kier alpha value is -1.90. The molecule has 1 aliphatic carbocycles. The van der Waals surface area contributed by atoms with Crippen molar-refractivity contribution in [3.8, 4) is 6.07 Å². The summed E-state index contributed by atoms with van der Waals surface area (Å²) in [6, 6.07) is 9.58. The number of rotatable bonds is 4. The summed E-state index contributed by atoms with van der Waals surface area (Å²) in [4.78, 5) is 14.4. The number of carbonyl (C=O) groups is 1. The van der Waals surface area contributed by atoms with Gasteiger partial charge in [0.05, 0.1) is 24.8 Å². The van der Waals surface area contributed by atoms with Crippen LogP contribution in [-0.4, -0.2) is 37.0 Å². The molecule has 23 heavy (non-hydrogen) atoms. The Morgan fingerprint density at radius 1 is 1.39 bits per heavy atom. The van der Waals surface area contributed by atoms with Crippen molar-refractivity contribution in [1.82, 2.24) is 4.90 Å². The van der Waals surface area contributed by atoms with Gasteiger partial charge in [-0.15, -0.1) is 0 Å². The van der Waals surface area contributed by atoms with E-state index in [-0.39, 0.29) is 12.0 Å². The average Bonchev–Trinajstić information content (AvgIpc) is 2.57. The molecule has 1 saturated carbocycles. The topological polar surface area (TPSA) is 79.4 Å². The molecule has 0 spiro atoms. The third-order valence-electron chi connectivity index (χ3n) is 4.94. The van der Waals surface area contributed by atoms with Crippen molar-refractivity contribution < 1.29 is 9.53 Å². The van der Waals surface area contributed by atoms with E-state index in [1.54, 1.807) is 6.07 Å². The lowest BCUT2D eigenvalue weighted by Crippen LogP contribution is -2.44. The predicted octanol–water partition coefficient (Wildman–Crippen LogP) is 1.83. The molecule has 1 amide bonds. The Balaban J connectivity index is 1.57. The van der Waals surface area contributed by atoms with Crippen LogP contribution in [0, 0.1) is 23.2 Å². The molecular formula is C18H23N3O2. The highest BCUT2D eigenvalue weighted by Crippen LogP contribution is 2.36. The van der Waals surface area contributed by atoms with Crippen LogP contribution in [-0.2, 0) is 9.53 Å². The van der Waals surface area contributed by atoms with Crippen molar-refractivity contribution in [1.29, 1.82) is 5.26 Å². The van der Waals surface area contributed by atoms with Gasteiger partial charge in [0.15, 0.2) is 0 Å². The number of nitrogens with two attached hydrogens (primary N) is 1. The average molecular weight is 313 g/mol. The lowest BCUT2D eigenvalue weighted by molar-refractivity contribution is -0.141. The maximum atomic E-state index is 12.5. The van der Waals surface area contributed by atoms with Crippen molar-refractivity contribution in [3.63, 3.8) is 0 Å². The predicted molar refractivity (Wildman–Crippen MR) is 86.3 cm³/mol. The molecule has 5 heteroatoms. The minimum Gasteiger partial charge on any atom is -0.370 e. The molecule has 1 aliphatic heterocycles. The number of amides is 1. The zero-order valence-corrected chi connectivity index (χ0v) is 13.3. The van der Waals surface area contributed by atoms with Gasteiger partial charge in [0.1, 0.15) is 6.10 Å². The Bertz CT molecular complexity index is 605. The summed E-state index contributed by atoms with van der Waals surface area (Å²) in [6.07, 6.45) is 2.65. The minimum absolute atomic E-state index is 0.140. The quantitative estimate of drug-likeness (QED) is 0.920. The lowest BCUT2D eigenvalue weighted by atomic mass is 9.73. The number of benzene rings is 1. The summed E-state index contributed by atoms with van der Waals surface area (Å²) < 4.78 is 5.80. The Morgan fingerprint density at radius 3 is 2.96 bits per heavy atom. The van der Waals surface area contributed by atoms with E-state index in [0.29, 0.717) is 43.5 Å². The van der Waals surface area contributed by atoms with Crippen LogP contribution in [0.25, 0.3) is 0 Å². The molecule has 2 N–H and O–H groups in total. The molecule has 0 bridgehead atoms. The fourth-order valence-corrected chi connectivity index (χ4v) is 3.49. The van der Waals surface area contributed by atoms with Crippen LogP contribution in [0.1, 0.15) is 36.5 Å². The molecule has 1 atom stereocenters. The first-order valence-corrected chi connectivity index (χ1v) is 8.29. The van der Waals surface area contributed by atoms with E-state index in [4.69, 9.17) is 15.7 Å².